The van der Waals surface area contributed by atoms with E-state index in [9.17, 15) is 0 Å². The summed E-state index contributed by atoms with van der Waals surface area (Å²) >= 11 is 0. The fraction of sp³-hybridized carbons (Fsp3) is 0.600. The molecule has 2 N–H and O–H groups in total. The predicted octanol–water partition coefficient (Wildman–Crippen LogP) is 0.896. The van der Waals surface area contributed by atoms with Crippen LogP contribution in [0.1, 0.15) is 18.4 Å². The number of hydrogen-bond donors (Lipinski definition) is 2. The third-order valence-electron chi connectivity index (χ3n) is 1.91. The molecule has 4 heteroatoms. The van der Waals surface area contributed by atoms with Crippen molar-refractivity contribution in [3.63, 3.8) is 0 Å². The number of rotatable bonds is 6. The molecule has 0 bridgehead atoms. The second-order valence-electron chi connectivity index (χ2n) is 3.26. The van der Waals surface area contributed by atoms with Crippen molar-refractivity contribution < 1.29 is 14.3 Å². The molecule has 1 rings (SSSR count). The lowest BCUT2D eigenvalue weighted by molar-refractivity contribution is 0.170. The van der Waals surface area contributed by atoms with Gasteiger partial charge in [-0.2, -0.15) is 0 Å². The van der Waals surface area contributed by atoms with Crippen LogP contribution in [-0.4, -0.2) is 24.9 Å². The zero-order valence-corrected chi connectivity index (χ0v) is 8.62. The van der Waals surface area contributed by atoms with Crippen molar-refractivity contribution in [3.05, 3.63) is 23.7 Å². The van der Waals surface area contributed by atoms with Crippen LogP contribution in [-0.2, 0) is 17.9 Å². The molecular weight excluding hydrogens is 182 g/mol. The molecule has 1 unspecified atom stereocenters. The van der Waals surface area contributed by atoms with Gasteiger partial charge in [-0.1, -0.05) is 0 Å². The van der Waals surface area contributed by atoms with Crippen LogP contribution >= 0.6 is 0 Å². The highest BCUT2D eigenvalue weighted by atomic mass is 16.5. The average Bonchev–Trinajstić information content (AvgIpc) is 2.63. The largest absolute Gasteiger partial charge is 0.462 e. The van der Waals surface area contributed by atoms with Crippen molar-refractivity contribution in [1.82, 2.24) is 5.32 Å². The van der Waals surface area contributed by atoms with E-state index in [2.05, 4.69) is 5.32 Å². The highest BCUT2D eigenvalue weighted by molar-refractivity contribution is 5.06. The fourth-order valence-corrected chi connectivity index (χ4v) is 1.19. The van der Waals surface area contributed by atoms with Crippen LogP contribution in [0.4, 0.5) is 0 Å². The van der Waals surface area contributed by atoms with E-state index in [0.717, 1.165) is 5.76 Å². The van der Waals surface area contributed by atoms with Crippen LogP contribution in [0.2, 0.25) is 0 Å². The van der Waals surface area contributed by atoms with Crippen molar-refractivity contribution in [2.45, 2.75) is 26.1 Å². The van der Waals surface area contributed by atoms with Gasteiger partial charge >= 0.3 is 0 Å². The highest BCUT2D eigenvalue weighted by Crippen LogP contribution is 2.07. The molecule has 80 valence electrons. The van der Waals surface area contributed by atoms with Gasteiger partial charge in [0.2, 0.25) is 0 Å². The molecule has 1 heterocycles. The number of nitrogens with one attached hydrogen (secondary N) is 1. The van der Waals surface area contributed by atoms with E-state index in [1.165, 1.54) is 0 Å². The SMILES string of the molecule is COCC(C)NCc1ccc(CO)o1. The van der Waals surface area contributed by atoms with E-state index < -0.39 is 0 Å². The van der Waals surface area contributed by atoms with E-state index in [1.807, 2.05) is 13.0 Å². The summed E-state index contributed by atoms with van der Waals surface area (Å²) in [4.78, 5) is 0. The molecular formula is C10H17NO3. The van der Waals surface area contributed by atoms with Gasteiger partial charge in [0.05, 0.1) is 13.2 Å². The van der Waals surface area contributed by atoms with Crippen LogP contribution < -0.4 is 5.32 Å². The van der Waals surface area contributed by atoms with Gasteiger partial charge in [-0.25, -0.2) is 0 Å². The van der Waals surface area contributed by atoms with Crippen LogP contribution in [0.3, 0.4) is 0 Å². The molecule has 14 heavy (non-hydrogen) atoms. The topological polar surface area (TPSA) is 54.6 Å². The minimum absolute atomic E-state index is 0.0480. The van der Waals surface area contributed by atoms with Crippen molar-refractivity contribution in [2.24, 2.45) is 0 Å². The molecule has 0 spiro atoms. The molecule has 0 amide bonds. The Hall–Kier alpha value is -0.840. The lowest BCUT2D eigenvalue weighted by Crippen LogP contribution is -2.29. The van der Waals surface area contributed by atoms with E-state index in [-0.39, 0.29) is 6.61 Å². The maximum Gasteiger partial charge on any atom is 0.129 e. The number of aliphatic hydroxyl groups is 1. The van der Waals surface area contributed by atoms with E-state index >= 15 is 0 Å². The molecule has 0 aromatic carbocycles. The molecule has 1 atom stereocenters. The fourth-order valence-electron chi connectivity index (χ4n) is 1.19. The van der Waals surface area contributed by atoms with Gasteiger partial charge in [-0.3, -0.25) is 0 Å². The third-order valence-corrected chi connectivity index (χ3v) is 1.91. The summed E-state index contributed by atoms with van der Waals surface area (Å²) in [6, 6.07) is 3.93. The Labute approximate surface area is 83.9 Å². The van der Waals surface area contributed by atoms with Gasteiger partial charge in [0.15, 0.2) is 0 Å². The Morgan fingerprint density at radius 1 is 1.50 bits per heavy atom. The average molecular weight is 199 g/mol. The van der Waals surface area contributed by atoms with Crippen LogP contribution in [0.25, 0.3) is 0 Å². The number of ether oxygens (including phenoxy) is 1. The number of aliphatic hydroxyl groups excluding tert-OH is 1. The first-order valence-corrected chi connectivity index (χ1v) is 4.67. The van der Waals surface area contributed by atoms with Gasteiger partial charge in [-0.05, 0) is 19.1 Å². The zero-order chi connectivity index (χ0) is 10.4. The van der Waals surface area contributed by atoms with Crippen LogP contribution in [0, 0.1) is 0 Å². The van der Waals surface area contributed by atoms with Crippen molar-refractivity contribution >= 4 is 0 Å². The van der Waals surface area contributed by atoms with E-state index in [4.69, 9.17) is 14.3 Å². The van der Waals surface area contributed by atoms with Crippen molar-refractivity contribution in [1.29, 1.82) is 0 Å². The third kappa shape index (κ3) is 3.49. The van der Waals surface area contributed by atoms with Gasteiger partial charge in [-0.15, -0.1) is 0 Å². The molecule has 1 aromatic heterocycles. The smallest absolute Gasteiger partial charge is 0.129 e. The molecule has 0 saturated carbocycles. The monoisotopic (exact) mass is 199 g/mol. The van der Waals surface area contributed by atoms with Gasteiger partial charge in [0.1, 0.15) is 18.1 Å². The van der Waals surface area contributed by atoms with E-state index in [0.29, 0.717) is 25.0 Å². The summed E-state index contributed by atoms with van der Waals surface area (Å²) in [5, 5.41) is 12.0. The van der Waals surface area contributed by atoms with Crippen molar-refractivity contribution in [2.75, 3.05) is 13.7 Å². The maximum atomic E-state index is 8.78. The first-order chi connectivity index (χ1) is 6.76. The van der Waals surface area contributed by atoms with Gasteiger partial charge < -0.3 is 19.6 Å². The Bertz CT molecular complexity index is 260. The summed E-state index contributed by atoms with van der Waals surface area (Å²) < 4.78 is 10.3. The molecule has 0 aliphatic heterocycles. The van der Waals surface area contributed by atoms with Crippen molar-refractivity contribution in [3.8, 4) is 0 Å². The second-order valence-corrected chi connectivity index (χ2v) is 3.26. The first kappa shape index (κ1) is 11.2. The van der Waals surface area contributed by atoms with Crippen LogP contribution in [0.5, 0.6) is 0 Å². The highest BCUT2D eigenvalue weighted by Gasteiger charge is 2.03. The number of hydrogen-bond acceptors (Lipinski definition) is 4. The molecule has 1 aromatic rings. The summed E-state index contributed by atoms with van der Waals surface area (Å²) in [5.74, 6) is 1.43. The molecule has 0 aliphatic rings. The maximum absolute atomic E-state index is 8.78. The number of methoxy groups -OCH3 is 1. The standard InChI is InChI=1S/C10H17NO3/c1-8(7-13-2)11-5-9-3-4-10(6-12)14-9/h3-4,8,11-12H,5-7H2,1-2H3. The summed E-state index contributed by atoms with van der Waals surface area (Å²) in [5.41, 5.74) is 0. The quantitative estimate of drug-likeness (QED) is 0.714. The van der Waals surface area contributed by atoms with Crippen LogP contribution in [0.15, 0.2) is 16.5 Å². The minimum Gasteiger partial charge on any atom is -0.462 e. The lowest BCUT2D eigenvalue weighted by atomic mass is 10.3. The normalized spacial score (nSPS) is 13.1. The lowest BCUT2D eigenvalue weighted by Gasteiger charge is -2.10. The zero-order valence-electron chi connectivity index (χ0n) is 8.62. The Morgan fingerprint density at radius 2 is 2.21 bits per heavy atom. The first-order valence-electron chi connectivity index (χ1n) is 4.67. The summed E-state index contributed by atoms with van der Waals surface area (Å²) in [6.07, 6.45) is 0. The predicted molar refractivity (Wildman–Crippen MR) is 52.8 cm³/mol. The van der Waals surface area contributed by atoms with Gasteiger partial charge in [0.25, 0.3) is 0 Å². The second kappa shape index (κ2) is 5.80. The molecule has 0 fully saturated rings. The molecule has 0 aliphatic carbocycles. The molecule has 4 nitrogen and oxygen atoms in total. The Balaban J connectivity index is 2.30. The number of furan rings is 1. The summed E-state index contributed by atoms with van der Waals surface area (Å²) in [7, 11) is 1.68. The van der Waals surface area contributed by atoms with Gasteiger partial charge in [0, 0.05) is 13.2 Å². The summed E-state index contributed by atoms with van der Waals surface area (Å²) in [6.45, 7) is 3.32. The van der Waals surface area contributed by atoms with E-state index in [1.54, 1.807) is 13.2 Å². The Morgan fingerprint density at radius 3 is 2.79 bits per heavy atom. The minimum atomic E-state index is -0.0480. The molecule has 0 saturated heterocycles. The Kier molecular flexibility index (Phi) is 4.65. The molecule has 0 radical (unpaired) electrons.